The maximum atomic E-state index is 14.0. The van der Waals surface area contributed by atoms with E-state index >= 15 is 0 Å². The van der Waals surface area contributed by atoms with Crippen molar-refractivity contribution in [1.29, 1.82) is 0 Å². The van der Waals surface area contributed by atoms with E-state index in [0.29, 0.717) is 0 Å². The van der Waals surface area contributed by atoms with Gasteiger partial charge in [-0.2, -0.15) is 13.2 Å². The highest BCUT2D eigenvalue weighted by Crippen LogP contribution is 2.44. The van der Waals surface area contributed by atoms with Crippen molar-refractivity contribution in [2.45, 2.75) is 18.7 Å². The van der Waals surface area contributed by atoms with Crippen LogP contribution in [0.1, 0.15) is 11.1 Å². The van der Waals surface area contributed by atoms with Gasteiger partial charge < -0.3 is 4.74 Å². The quantitative estimate of drug-likeness (QED) is 0.688. The molecule has 0 amide bonds. The fraction of sp³-hybridized carbons (Fsp3) is 0.188. The summed E-state index contributed by atoms with van der Waals surface area (Å²) in [5, 5.41) is 0. The van der Waals surface area contributed by atoms with Crippen molar-refractivity contribution in [1.82, 2.24) is 0 Å². The molecule has 0 saturated heterocycles. The van der Waals surface area contributed by atoms with Crippen LogP contribution in [0.25, 0.3) is 11.1 Å². The highest BCUT2D eigenvalue weighted by molar-refractivity contribution is 5.74. The summed E-state index contributed by atoms with van der Waals surface area (Å²) < 4.78 is 71.7. The molecule has 0 fully saturated rings. The van der Waals surface area contributed by atoms with E-state index in [1.807, 2.05) is 0 Å². The van der Waals surface area contributed by atoms with Crippen LogP contribution in [0.5, 0.6) is 5.75 Å². The van der Waals surface area contributed by atoms with E-state index in [4.69, 9.17) is 4.74 Å². The molecule has 0 aliphatic carbocycles. The molecule has 2 aromatic carbocycles. The van der Waals surface area contributed by atoms with Crippen molar-refractivity contribution in [3.05, 3.63) is 60.0 Å². The van der Waals surface area contributed by atoms with Gasteiger partial charge in [-0.3, -0.25) is 0 Å². The summed E-state index contributed by atoms with van der Waals surface area (Å²) in [6.45, 7) is 3.65. The maximum Gasteiger partial charge on any atom is 0.416 e. The molecule has 0 spiro atoms. The normalized spacial score (nSPS) is 17.3. The average Bonchev–Trinajstić information content (AvgIpc) is 2.80. The summed E-state index contributed by atoms with van der Waals surface area (Å²) in [6.07, 6.45) is -4.97. The van der Waals surface area contributed by atoms with E-state index in [9.17, 15) is 22.0 Å². The lowest BCUT2D eigenvalue weighted by Gasteiger charge is -2.14. The molecule has 0 bridgehead atoms. The summed E-state index contributed by atoms with van der Waals surface area (Å²) in [5.41, 5.74) is -1.03. The van der Waals surface area contributed by atoms with Gasteiger partial charge in [-0.25, -0.2) is 8.78 Å². The first kappa shape index (κ1) is 14.8. The molecule has 1 radical (unpaired) electrons. The Hall–Kier alpha value is -2.11. The van der Waals surface area contributed by atoms with Crippen LogP contribution >= 0.6 is 0 Å². The lowest BCUT2D eigenvalue weighted by Crippen LogP contribution is -2.06. The van der Waals surface area contributed by atoms with Gasteiger partial charge >= 0.3 is 6.18 Å². The van der Waals surface area contributed by atoms with Gasteiger partial charge in [0.1, 0.15) is 11.9 Å². The third kappa shape index (κ3) is 2.42. The topological polar surface area (TPSA) is 9.23 Å². The van der Waals surface area contributed by atoms with Gasteiger partial charge in [0, 0.05) is 17.5 Å². The minimum Gasteiger partial charge on any atom is -0.489 e. The zero-order chi connectivity index (χ0) is 16.1. The summed E-state index contributed by atoms with van der Waals surface area (Å²) in [4.78, 5) is 0. The van der Waals surface area contributed by atoms with Crippen LogP contribution in [0, 0.1) is 18.6 Å². The fourth-order valence-electron chi connectivity index (χ4n) is 2.51. The lowest BCUT2D eigenvalue weighted by molar-refractivity contribution is -0.137. The second kappa shape index (κ2) is 4.97. The van der Waals surface area contributed by atoms with E-state index in [1.165, 1.54) is 12.1 Å². The Balaban J connectivity index is 2.27. The van der Waals surface area contributed by atoms with Gasteiger partial charge in [-0.05, 0) is 30.7 Å². The van der Waals surface area contributed by atoms with Gasteiger partial charge in [-0.15, -0.1) is 0 Å². The molecule has 1 atom stereocenters. The monoisotopic (exact) mass is 313 g/mol. The number of fused-ring (bicyclic) bond motifs is 1. The predicted octanol–water partition coefficient (Wildman–Crippen LogP) is 4.79. The molecule has 115 valence electrons. The summed E-state index contributed by atoms with van der Waals surface area (Å²) in [6, 6.07) is 5.08. The van der Waals surface area contributed by atoms with Crippen molar-refractivity contribution in [3.8, 4) is 16.9 Å². The number of hydrogen-bond acceptors (Lipinski definition) is 1. The molecule has 2 aromatic rings. The molecule has 0 aromatic heterocycles. The second-order valence-electron chi connectivity index (χ2n) is 5.06. The van der Waals surface area contributed by atoms with E-state index in [1.54, 1.807) is 0 Å². The molecular formula is C16H10F5O. The van der Waals surface area contributed by atoms with Crippen LogP contribution < -0.4 is 4.74 Å². The lowest BCUT2D eigenvalue weighted by atomic mass is 9.96. The molecule has 6 heteroatoms. The van der Waals surface area contributed by atoms with Crippen LogP contribution in [0.2, 0.25) is 0 Å². The first-order valence-corrected chi connectivity index (χ1v) is 6.45. The Bertz CT molecular complexity index is 736. The van der Waals surface area contributed by atoms with Crippen molar-refractivity contribution in [2.24, 2.45) is 0 Å². The fourth-order valence-corrected chi connectivity index (χ4v) is 2.51. The summed E-state index contributed by atoms with van der Waals surface area (Å²) in [7, 11) is 0. The van der Waals surface area contributed by atoms with E-state index in [0.717, 1.165) is 18.2 Å². The average molecular weight is 313 g/mol. The standard InChI is InChI=1S/C16H10F5O/c1-8-5-9-6-10(16(19,20)21)7-12(15(9)22-8)11-3-2-4-13(17)14(11)18/h2-4,6-8H,1,5H2. The molecule has 3 rings (SSSR count). The molecule has 0 saturated carbocycles. The Kier molecular flexibility index (Phi) is 3.34. The van der Waals surface area contributed by atoms with Gasteiger partial charge in [0.2, 0.25) is 0 Å². The van der Waals surface area contributed by atoms with Crippen molar-refractivity contribution in [2.75, 3.05) is 0 Å². The molecule has 1 aliphatic heterocycles. The third-order valence-electron chi connectivity index (χ3n) is 3.47. The zero-order valence-corrected chi connectivity index (χ0v) is 11.2. The highest BCUT2D eigenvalue weighted by atomic mass is 19.4. The van der Waals surface area contributed by atoms with Crippen LogP contribution in [0.15, 0.2) is 30.3 Å². The largest absolute Gasteiger partial charge is 0.489 e. The maximum absolute atomic E-state index is 14.0. The number of hydrogen-bond donors (Lipinski definition) is 0. The van der Waals surface area contributed by atoms with Crippen molar-refractivity contribution in [3.63, 3.8) is 0 Å². The minimum atomic E-state index is -4.59. The number of rotatable bonds is 1. The molecule has 1 heterocycles. The van der Waals surface area contributed by atoms with Crippen LogP contribution in [0.4, 0.5) is 22.0 Å². The molecule has 1 nitrogen and oxygen atoms in total. The van der Waals surface area contributed by atoms with E-state index < -0.39 is 29.5 Å². The van der Waals surface area contributed by atoms with Crippen molar-refractivity contribution >= 4 is 0 Å². The molecule has 1 unspecified atom stereocenters. The number of ether oxygens (including phenoxy) is 1. The SMILES string of the molecule is [CH2]C1Cc2cc(C(F)(F)F)cc(-c3cccc(F)c3F)c2O1. The molecular weight excluding hydrogens is 303 g/mol. The van der Waals surface area contributed by atoms with Crippen LogP contribution in [-0.2, 0) is 12.6 Å². The Morgan fingerprint density at radius 2 is 1.82 bits per heavy atom. The second-order valence-corrected chi connectivity index (χ2v) is 5.06. The Morgan fingerprint density at radius 3 is 2.50 bits per heavy atom. The van der Waals surface area contributed by atoms with Crippen LogP contribution in [-0.4, -0.2) is 6.10 Å². The van der Waals surface area contributed by atoms with Gasteiger partial charge in [0.05, 0.1) is 5.56 Å². The third-order valence-corrected chi connectivity index (χ3v) is 3.47. The first-order valence-electron chi connectivity index (χ1n) is 6.45. The highest BCUT2D eigenvalue weighted by Gasteiger charge is 2.35. The van der Waals surface area contributed by atoms with Crippen molar-refractivity contribution < 1.29 is 26.7 Å². The van der Waals surface area contributed by atoms with E-state index in [-0.39, 0.29) is 28.9 Å². The zero-order valence-electron chi connectivity index (χ0n) is 11.2. The summed E-state index contributed by atoms with van der Waals surface area (Å²) >= 11 is 0. The summed E-state index contributed by atoms with van der Waals surface area (Å²) in [5.74, 6) is -2.22. The van der Waals surface area contributed by atoms with Gasteiger partial charge in [-0.1, -0.05) is 12.1 Å². The number of alkyl halides is 3. The number of halogens is 5. The van der Waals surface area contributed by atoms with E-state index in [2.05, 4.69) is 6.92 Å². The molecule has 0 N–H and O–H groups in total. The predicted molar refractivity (Wildman–Crippen MR) is 70.3 cm³/mol. The van der Waals surface area contributed by atoms with Gasteiger partial charge in [0.15, 0.2) is 11.6 Å². The Labute approximate surface area is 123 Å². The van der Waals surface area contributed by atoms with Gasteiger partial charge in [0.25, 0.3) is 0 Å². The Morgan fingerprint density at radius 1 is 1.09 bits per heavy atom. The molecule has 1 aliphatic rings. The molecule has 22 heavy (non-hydrogen) atoms. The minimum absolute atomic E-state index is 0.118. The van der Waals surface area contributed by atoms with Crippen LogP contribution in [0.3, 0.4) is 0 Å². The smallest absolute Gasteiger partial charge is 0.416 e. The first-order chi connectivity index (χ1) is 10.3. The number of benzene rings is 2.